The fourth-order valence-electron chi connectivity index (χ4n) is 2.39. The fourth-order valence-corrected chi connectivity index (χ4v) is 2.39. The highest BCUT2D eigenvalue weighted by Crippen LogP contribution is 2.29. The van der Waals surface area contributed by atoms with Crippen molar-refractivity contribution in [1.29, 1.82) is 0 Å². The summed E-state index contributed by atoms with van der Waals surface area (Å²) in [7, 11) is 2.03. The second kappa shape index (κ2) is 6.21. The van der Waals surface area contributed by atoms with E-state index in [1.165, 1.54) is 6.92 Å². The van der Waals surface area contributed by atoms with Crippen LogP contribution in [0.5, 0.6) is 0 Å². The van der Waals surface area contributed by atoms with Crippen LogP contribution in [0.15, 0.2) is 0 Å². The summed E-state index contributed by atoms with van der Waals surface area (Å²) in [5.74, 6) is 0.0251. The zero-order chi connectivity index (χ0) is 12.0. The molecule has 0 aliphatic heterocycles. The zero-order valence-corrected chi connectivity index (χ0v) is 10.5. The SMILES string of the molecule is CC(=O)NCCCN(C)CC1(O)CCCC1. The Morgan fingerprint density at radius 1 is 1.44 bits per heavy atom. The molecule has 0 unspecified atom stereocenters. The van der Waals surface area contributed by atoms with Crippen LogP contribution < -0.4 is 5.32 Å². The molecule has 0 bridgehead atoms. The lowest BCUT2D eigenvalue weighted by molar-refractivity contribution is -0.118. The first-order valence-electron chi connectivity index (χ1n) is 6.17. The summed E-state index contributed by atoms with van der Waals surface area (Å²) < 4.78 is 0. The predicted molar refractivity (Wildman–Crippen MR) is 64.2 cm³/mol. The summed E-state index contributed by atoms with van der Waals surface area (Å²) in [6.45, 7) is 3.93. The van der Waals surface area contributed by atoms with E-state index in [0.717, 1.165) is 51.7 Å². The smallest absolute Gasteiger partial charge is 0.216 e. The van der Waals surface area contributed by atoms with Crippen molar-refractivity contribution in [3.8, 4) is 0 Å². The van der Waals surface area contributed by atoms with Gasteiger partial charge < -0.3 is 15.3 Å². The summed E-state index contributed by atoms with van der Waals surface area (Å²) >= 11 is 0. The number of amides is 1. The van der Waals surface area contributed by atoms with Crippen molar-refractivity contribution >= 4 is 5.91 Å². The second-order valence-electron chi connectivity index (χ2n) is 5.01. The van der Waals surface area contributed by atoms with E-state index in [4.69, 9.17) is 0 Å². The van der Waals surface area contributed by atoms with Gasteiger partial charge >= 0.3 is 0 Å². The van der Waals surface area contributed by atoms with Gasteiger partial charge in [0.1, 0.15) is 0 Å². The minimum atomic E-state index is -0.456. The first-order valence-corrected chi connectivity index (χ1v) is 6.17. The molecule has 0 aromatic heterocycles. The number of aliphatic hydroxyl groups is 1. The average molecular weight is 228 g/mol. The number of rotatable bonds is 6. The van der Waals surface area contributed by atoms with Crippen LogP contribution in [0.1, 0.15) is 39.0 Å². The zero-order valence-electron chi connectivity index (χ0n) is 10.5. The number of carbonyl (C=O) groups is 1. The molecule has 1 saturated carbocycles. The van der Waals surface area contributed by atoms with Crippen LogP contribution in [0.2, 0.25) is 0 Å². The summed E-state index contributed by atoms with van der Waals surface area (Å²) in [5, 5.41) is 13.0. The van der Waals surface area contributed by atoms with E-state index < -0.39 is 5.60 Å². The third-order valence-electron chi connectivity index (χ3n) is 3.19. The van der Waals surface area contributed by atoms with Gasteiger partial charge in [-0.1, -0.05) is 12.8 Å². The van der Waals surface area contributed by atoms with Crippen LogP contribution in [0, 0.1) is 0 Å². The van der Waals surface area contributed by atoms with Gasteiger partial charge in [-0.05, 0) is 32.9 Å². The molecule has 0 saturated heterocycles. The van der Waals surface area contributed by atoms with E-state index in [1.807, 2.05) is 7.05 Å². The lowest BCUT2D eigenvalue weighted by atomic mass is 10.0. The molecular weight excluding hydrogens is 204 g/mol. The topological polar surface area (TPSA) is 52.6 Å². The molecule has 4 nitrogen and oxygen atoms in total. The molecule has 1 fully saturated rings. The highest BCUT2D eigenvalue weighted by molar-refractivity contribution is 5.72. The number of hydrogen-bond donors (Lipinski definition) is 2. The van der Waals surface area contributed by atoms with Crippen LogP contribution >= 0.6 is 0 Å². The van der Waals surface area contributed by atoms with Gasteiger partial charge in [-0.2, -0.15) is 0 Å². The molecular formula is C12H24N2O2. The molecule has 1 aliphatic carbocycles. The normalized spacial score (nSPS) is 19.0. The third kappa shape index (κ3) is 4.94. The molecule has 2 N–H and O–H groups in total. The lowest BCUT2D eigenvalue weighted by Crippen LogP contribution is -2.40. The Morgan fingerprint density at radius 3 is 2.62 bits per heavy atom. The largest absolute Gasteiger partial charge is 0.389 e. The van der Waals surface area contributed by atoms with Crippen LogP contribution in [-0.2, 0) is 4.79 Å². The number of nitrogens with zero attached hydrogens (tertiary/aromatic N) is 1. The number of nitrogens with one attached hydrogen (secondary N) is 1. The van der Waals surface area contributed by atoms with Gasteiger partial charge in [-0.15, -0.1) is 0 Å². The molecule has 0 radical (unpaired) electrons. The van der Waals surface area contributed by atoms with E-state index in [9.17, 15) is 9.90 Å². The van der Waals surface area contributed by atoms with Crippen molar-refractivity contribution in [2.75, 3.05) is 26.7 Å². The minimum absolute atomic E-state index is 0.0251. The summed E-state index contributed by atoms with van der Waals surface area (Å²) in [5.41, 5.74) is -0.456. The van der Waals surface area contributed by atoms with E-state index in [2.05, 4.69) is 10.2 Å². The molecule has 1 amide bonds. The maximum absolute atomic E-state index is 10.7. The van der Waals surface area contributed by atoms with Crippen molar-refractivity contribution < 1.29 is 9.90 Å². The van der Waals surface area contributed by atoms with Gasteiger partial charge in [-0.25, -0.2) is 0 Å². The third-order valence-corrected chi connectivity index (χ3v) is 3.19. The van der Waals surface area contributed by atoms with E-state index in [-0.39, 0.29) is 5.91 Å². The number of carbonyl (C=O) groups excluding carboxylic acids is 1. The highest BCUT2D eigenvalue weighted by atomic mass is 16.3. The maximum Gasteiger partial charge on any atom is 0.216 e. The first kappa shape index (κ1) is 13.5. The van der Waals surface area contributed by atoms with Crippen molar-refractivity contribution in [3.05, 3.63) is 0 Å². The monoisotopic (exact) mass is 228 g/mol. The van der Waals surface area contributed by atoms with Crippen molar-refractivity contribution in [1.82, 2.24) is 10.2 Å². The Hall–Kier alpha value is -0.610. The molecule has 0 spiro atoms. The number of hydrogen-bond acceptors (Lipinski definition) is 3. The number of likely N-dealkylation sites (N-methyl/N-ethyl adjacent to an activating group) is 1. The van der Waals surface area contributed by atoms with Crippen molar-refractivity contribution in [2.45, 2.75) is 44.6 Å². The van der Waals surface area contributed by atoms with Gasteiger partial charge in [0.25, 0.3) is 0 Å². The van der Waals surface area contributed by atoms with E-state index in [1.54, 1.807) is 0 Å². The maximum atomic E-state index is 10.7. The van der Waals surface area contributed by atoms with Gasteiger partial charge in [0.2, 0.25) is 5.91 Å². The van der Waals surface area contributed by atoms with Gasteiger partial charge in [0.05, 0.1) is 5.60 Å². The first-order chi connectivity index (χ1) is 7.52. The molecule has 1 rings (SSSR count). The molecule has 0 atom stereocenters. The Balaban J connectivity index is 2.10. The Morgan fingerprint density at radius 2 is 2.06 bits per heavy atom. The van der Waals surface area contributed by atoms with Crippen LogP contribution in [-0.4, -0.2) is 48.2 Å². The van der Waals surface area contributed by atoms with Gasteiger partial charge in [0.15, 0.2) is 0 Å². The summed E-state index contributed by atoms with van der Waals surface area (Å²) in [6.07, 6.45) is 5.10. The second-order valence-corrected chi connectivity index (χ2v) is 5.01. The molecule has 0 heterocycles. The molecule has 0 aromatic rings. The lowest BCUT2D eigenvalue weighted by Gasteiger charge is -2.28. The molecule has 94 valence electrons. The predicted octanol–water partition coefficient (Wildman–Crippen LogP) is 0.749. The van der Waals surface area contributed by atoms with Gasteiger partial charge in [0, 0.05) is 20.0 Å². The molecule has 1 aliphatic rings. The van der Waals surface area contributed by atoms with Crippen LogP contribution in [0.4, 0.5) is 0 Å². The van der Waals surface area contributed by atoms with E-state index >= 15 is 0 Å². The van der Waals surface area contributed by atoms with Gasteiger partial charge in [-0.3, -0.25) is 4.79 Å². The summed E-state index contributed by atoms with van der Waals surface area (Å²) in [6, 6.07) is 0. The van der Waals surface area contributed by atoms with Crippen molar-refractivity contribution in [3.63, 3.8) is 0 Å². The summed E-state index contributed by atoms with van der Waals surface area (Å²) in [4.78, 5) is 12.8. The Kier molecular flexibility index (Phi) is 5.22. The van der Waals surface area contributed by atoms with Crippen LogP contribution in [0.25, 0.3) is 0 Å². The highest BCUT2D eigenvalue weighted by Gasteiger charge is 2.31. The molecule has 0 aromatic carbocycles. The van der Waals surface area contributed by atoms with Crippen LogP contribution in [0.3, 0.4) is 0 Å². The Bertz CT molecular complexity index is 225. The Labute approximate surface area is 98.0 Å². The average Bonchev–Trinajstić information content (AvgIpc) is 2.59. The standard InChI is InChI=1S/C12H24N2O2/c1-11(15)13-8-5-9-14(2)10-12(16)6-3-4-7-12/h16H,3-10H2,1-2H3,(H,13,15). The van der Waals surface area contributed by atoms with E-state index in [0.29, 0.717) is 0 Å². The molecule has 4 heteroatoms. The quantitative estimate of drug-likeness (QED) is 0.660. The van der Waals surface area contributed by atoms with Crippen molar-refractivity contribution in [2.24, 2.45) is 0 Å². The fraction of sp³-hybridized carbons (Fsp3) is 0.917. The molecule has 16 heavy (non-hydrogen) atoms. The minimum Gasteiger partial charge on any atom is -0.389 e.